The summed E-state index contributed by atoms with van der Waals surface area (Å²) in [5.41, 5.74) is 7.50. The minimum absolute atomic E-state index is 0.148. The minimum Gasteiger partial charge on any atom is -0.330 e. The Kier molecular flexibility index (Phi) is 2.64. The number of nitrogens with two attached hydrogens (primary N) is 1. The third-order valence-electron chi connectivity index (χ3n) is 2.65. The smallest absolute Gasteiger partial charge is 0.164 e. The molecule has 0 bridgehead atoms. The summed E-state index contributed by atoms with van der Waals surface area (Å²) in [6.45, 7) is 0.434. The Balaban J connectivity index is 2.08. The van der Waals surface area contributed by atoms with Crippen LogP contribution in [0.5, 0.6) is 0 Å². The van der Waals surface area contributed by atoms with Gasteiger partial charge in [0.05, 0.1) is 0 Å². The summed E-state index contributed by atoms with van der Waals surface area (Å²) in [5, 5.41) is 0. The second kappa shape index (κ2) is 3.93. The molecule has 0 aromatic heterocycles. The number of benzene rings is 1. The highest BCUT2D eigenvalue weighted by Gasteiger charge is 2.23. The number of carbonyl (C=O) groups excluding carboxylic acids is 1. The molecule has 0 spiro atoms. The molecule has 1 aliphatic carbocycles. The van der Waals surface area contributed by atoms with Crippen LogP contribution in [0.4, 0.5) is 0 Å². The van der Waals surface area contributed by atoms with Crippen LogP contribution in [-0.2, 0) is 0 Å². The van der Waals surface area contributed by atoms with Gasteiger partial charge in [0.25, 0.3) is 0 Å². The maximum Gasteiger partial charge on any atom is 0.164 e. The van der Waals surface area contributed by atoms with Gasteiger partial charge in [-0.05, 0) is 30.9 Å². The van der Waals surface area contributed by atoms with Crippen LogP contribution in [0.25, 0.3) is 0 Å². The van der Waals surface area contributed by atoms with E-state index in [4.69, 9.17) is 5.73 Å². The van der Waals surface area contributed by atoms with Gasteiger partial charge in [-0.2, -0.15) is 0 Å². The fourth-order valence-electron chi connectivity index (χ4n) is 1.63. The molecular weight excluding hydrogens is 174 g/mol. The van der Waals surface area contributed by atoms with Gasteiger partial charge >= 0.3 is 0 Å². The van der Waals surface area contributed by atoms with Crippen molar-refractivity contribution in [1.82, 2.24) is 0 Å². The summed E-state index contributed by atoms with van der Waals surface area (Å²) < 4.78 is 0. The second-order valence-corrected chi connectivity index (χ2v) is 3.86. The van der Waals surface area contributed by atoms with Gasteiger partial charge in [-0.3, -0.25) is 4.79 Å². The van der Waals surface area contributed by atoms with E-state index in [2.05, 4.69) is 12.1 Å². The van der Waals surface area contributed by atoms with E-state index in [1.54, 1.807) is 0 Å². The monoisotopic (exact) mass is 189 g/mol. The molecule has 2 N–H and O–H groups in total. The number of hydrogen-bond donors (Lipinski definition) is 1. The molecule has 0 atom stereocenters. The molecule has 2 rings (SSSR count). The fraction of sp³-hybridized carbons (Fsp3) is 0.417. The molecule has 1 fully saturated rings. The Bertz CT molecular complexity index is 325. The van der Waals surface area contributed by atoms with Crippen LogP contribution in [0.3, 0.4) is 0 Å². The van der Waals surface area contributed by atoms with Crippen molar-refractivity contribution in [3.63, 3.8) is 0 Å². The van der Waals surface area contributed by atoms with Crippen LogP contribution in [0.2, 0.25) is 0 Å². The van der Waals surface area contributed by atoms with E-state index >= 15 is 0 Å². The Hall–Kier alpha value is -1.15. The van der Waals surface area contributed by atoms with Crippen molar-refractivity contribution in [2.75, 3.05) is 6.54 Å². The first-order valence-electron chi connectivity index (χ1n) is 5.14. The van der Waals surface area contributed by atoms with E-state index in [-0.39, 0.29) is 5.78 Å². The van der Waals surface area contributed by atoms with Crippen molar-refractivity contribution >= 4 is 5.78 Å². The SMILES string of the molecule is NCCC(=O)c1ccc(C2CC2)cc1. The molecule has 1 aliphatic rings. The van der Waals surface area contributed by atoms with Crippen LogP contribution < -0.4 is 5.73 Å². The molecule has 2 heteroatoms. The van der Waals surface area contributed by atoms with Gasteiger partial charge in [-0.15, -0.1) is 0 Å². The second-order valence-electron chi connectivity index (χ2n) is 3.86. The van der Waals surface area contributed by atoms with Gasteiger partial charge in [0.15, 0.2) is 5.78 Å². The summed E-state index contributed by atoms with van der Waals surface area (Å²) in [7, 11) is 0. The molecular formula is C12H15NO. The van der Waals surface area contributed by atoms with E-state index in [0.717, 1.165) is 11.5 Å². The molecule has 1 aromatic rings. The zero-order chi connectivity index (χ0) is 9.97. The molecule has 0 amide bonds. The topological polar surface area (TPSA) is 43.1 Å². The first-order chi connectivity index (χ1) is 6.81. The Labute approximate surface area is 84.1 Å². The van der Waals surface area contributed by atoms with Crippen molar-refractivity contribution in [1.29, 1.82) is 0 Å². The summed E-state index contributed by atoms with van der Waals surface area (Å²) in [5.74, 6) is 0.906. The highest BCUT2D eigenvalue weighted by atomic mass is 16.1. The third-order valence-corrected chi connectivity index (χ3v) is 2.65. The Morgan fingerprint density at radius 1 is 1.29 bits per heavy atom. The molecule has 0 aliphatic heterocycles. The molecule has 0 saturated heterocycles. The molecule has 1 aromatic carbocycles. The zero-order valence-electron chi connectivity index (χ0n) is 8.20. The maximum absolute atomic E-state index is 11.5. The van der Waals surface area contributed by atoms with Gasteiger partial charge in [-0.1, -0.05) is 24.3 Å². The number of rotatable bonds is 4. The number of hydrogen-bond acceptors (Lipinski definition) is 2. The third kappa shape index (κ3) is 2.02. The molecule has 0 unspecified atom stereocenters. The highest BCUT2D eigenvalue weighted by molar-refractivity contribution is 5.96. The lowest BCUT2D eigenvalue weighted by Crippen LogP contribution is -2.07. The Morgan fingerprint density at radius 3 is 2.43 bits per heavy atom. The number of Topliss-reactive ketones (excluding diaryl/α,β-unsaturated/α-hetero) is 1. The van der Waals surface area contributed by atoms with E-state index in [0.29, 0.717) is 13.0 Å². The van der Waals surface area contributed by atoms with Gasteiger partial charge in [0.2, 0.25) is 0 Å². The average molecular weight is 189 g/mol. The first kappa shape index (κ1) is 9.41. The summed E-state index contributed by atoms with van der Waals surface area (Å²) in [6, 6.07) is 7.99. The van der Waals surface area contributed by atoms with Gasteiger partial charge in [0.1, 0.15) is 0 Å². The molecule has 0 radical (unpaired) electrons. The van der Waals surface area contributed by atoms with Crippen molar-refractivity contribution in [3.8, 4) is 0 Å². The lowest BCUT2D eigenvalue weighted by molar-refractivity contribution is 0.0985. The maximum atomic E-state index is 11.5. The first-order valence-corrected chi connectivity index (χ1v) is 5.14. The van der Waals surface area contributed by atoms with Crippen LogP contribution in [-0.4, -0.2) is 12.3 Å². The van der Waals surface area contributed by atoms with E-state index in [9.17, 15) is 4.79 Å². The minimum atomic E-state index is 0.148. The Morgan fingerprint density at radius 2 is 1.93 bits per heavy atom. The molecule has 14 heavy (non-hydrogen) atoms. The predicted molar refractivity (Wildman–Crippen MR) is 56.4 cm³/mol. The van der Waals surface area contributed by atoms with Crippen molar-refractivity contribution < 1.29 is 4.79 Å². The fourth-order valence-corrected chi connectivity index (χ4v) is 1.63. The number of carbonyl (C=O) groups is 1. The van der Waals surface area contributed by atoms with Crippen LogP contribution in [0.15, 0.2) is 24.3 Å². The van der Waals surface area contributed by atoms with Gasteiger partial charge in [-0.25, -0.2) is 0 Å². The van der Waals surface area contributed by atoms with E-state index in [1.165, 1.54) is 18.4 Å². The van der Waals surface area contributed by atoms with Gasteiger partial charge < -0.3 is 5.73 Å². The van der Waals surface area contributed by atoms with Crippen LogP contribution in [0, 0.1) is 0 Å². The van der Waals surface area contributed by atoms with Crippen LogP contribution in [0.1, 0.15) is 41.1 Å². The van der Waals surface area contributed by atoms with E-state index in [1.807, 2.05) is 12.1 Å². The zero-order valence-corrected chi connectivity index (χ0v) is 8.20. The van der Waals surface area contributed by atoms with Crippen molar-refractivity contribution in [2.45, 2.75) is 25.2 Å². The standard InChI is InChI=1S/C12H15NO/c13-8-7-12(14)11-5-3-10(4-6-11)9-1-2-9/h3-6,9H,1-2,7-8,13H2. The van der Waals surface area contributed by atoms with E-state index < -0.39 is 0 Å². The largest absolute Gasteiger partial charge is 0.330 e. The van der Waals surface area contributed by atoms with Crippen LogP contribution >= 0.6 is 0 Å². The number of ketones is 1. The average Bonchev–Trinajstić information content (AvgIpc) is 3.02. The molecule has 1 saturated carbocycles. The highest BCUT2D eigenvalue weighted by Crippen LogP contribution is 2.39. The molecule has 2 nitrogen and oxygen atoms in total. The lowest BCUT2D eigenvalue weighted by atomic mass is 10.0. The van der Waals surface area contributed by atoms with Crippen molar-refractivity contribution in [3.05, 3.63) is 35.4 Å². The summed E-state index contributed by atoms with van der Waals surface area (Å²) in [4.78, 5) is 11.5. The quantitative estimate of drug-likeness (QED) is 0.737. The predicted octanol–water partition coefficient (Wildman–Crippen LogP) is 2.10. The van der Waals surface area contributed by atoms with Gasteiger partial charge in [0, 0.05) is 12.0 Å². The summed E-state index contributed by atoms with van der Waals surface area (Å²) >= 11 is 0. The molecule has 74 valence electrons. The van der Waals surface area contributed by atoms with Crippen molar-refractivity contribution in [2.24, 2.45) is 5.73 Å². The molecule has 0 heterocycles. The lowest BCUT2D eigenvalue weighted by Gasteiger charge is -2.01. The summed E-state index contributed by atoms with van der Waals surface area (Å²) in [6.07, 6.45) is 3.05. The normalized spacial score (nSPS) is 15.5.